The summed E-state index contributed by atoms with van der Waals surface area (Å²) in [5.41, 5.74) is 7.51. The van der Waals surface area contributed by atoms with Crippen LogP contribution < -0.4 is 4.74 Å². The van der Waals surface area contributed by atoms with E-state index in [-0.39, 0.29) is 6.09 Å². The summed E-state index contributed by atoms with van der Waals surface area (Å²) in [4.78, 5) is 14.2. The minimum absolute atomic E-state index is 0.193. The number of carbonyl (C=O) groups is 1. The fraction of sp³-hybridized carbons (Fsp3) is 0.464. The number of aryl methyl sites for hydroxylation is 2. The van der Waals surface area contributed by atoms with E-state index in [4.69, 9.17) is 9.47 Å². The highest BCUT2D eigenvalue weighted by Crippen LogP contribution is 2.40. The maximum Gasteiger partial charge on any atom is 0.410 e. The largest absolute Gasteiger partial charge is 0.496 e. The predicted octanol–water partition coefficient (Wildman–Crippen LogP) is 6.60. The summed E-state index contributed by atoms with van der Waals surface area (Å²) in [7, 11) is 1.75. The van der Waals surface area contributed by atoms with Crippen LogP contribution in [-0.4, -0.2) is 36.8 Å². The number of hydrogen-bond donors (Lipinski definition) is 0. The summed E-state index contributed by atoms with van der Waals surface area (Å²) in [5, 5.41) is 0. The molecule has 0 N–H and O–H groups in total. The van der Waals surface area contributed by atoms with Crippen LogP contribution in [0.1, 0.15) is 73.8 Å². The molecule has 2 aromatic rings. The van der Waals surface area contributed by atoms with Gasteiger partial charge >= 0.3 is 6.09 Å². The van der Waals surface area contributed by atoms with Gasteiger partial charge in [-0.2, -0.15) is 0 Å². The number of carbonyl (C=O) groups excluding carboxylic acids is 1. The highest BCUT2D eigenvalue weighted by molar-refractivity contribution is 5.88. The zero-order valence-corrected chi connectivity index (χ0v) is 20.0. The molecule has 0 spiro atoms. The number of ether oxygens (including phenoxy) is 2. The molecule has 0 saturated carbocycles. The van der Waals surface area contributed by atoms with Crippen molar-refractivity contribution in [3.63, 3.8) is 0 Å². The number of fused-ring (bicyclic) bond motifs is 1. The fourth-order valence-corrected chi connectivity index (χ4v) is 4.88. The van der Waals surface area contributed by atoms with Crippen LogP contribution in [0, 0.1) is 6.92 Å². The molecule has 0 unspecified atom stereocenters. The molecule has 1 amide bonds. The Morgan fingerprint density at radius 3 is 2.50 bits per heavy atom. The van der Waals surface area contributed by atoms with Gasteiger partial charge in [-0.25, -0.2) is 4.79 Å². The zero-order valence-electron chi connectivity index (χ0n) is 20.0. The Balaban J connectivity index is 1.46. The highest BCUT2D eigenvalue weighted by Gasteiger charge is 2.27. The first kappa shape index (κ1) is 22.4. The lowest BCUT2D eigenvalue weighted by molar-refractivity contribution is 0.0205. The normalized spacial score (nSPS) is 18.0. The number of amides is 1. The van der Waals surface area contributed by atoms with Crippen LogP contribution in [0.5, 0.6) is 5.75 Å². The van der Waals surface area contributed by atoms with Crippen molar-refractivity contribution in [1.29, 1.82) is 0 Å². The van der Waals surface area contributed by atoms with Crippen LogP contribution in [-0.2, 0) is 11.2 Å². The van der Waals surface area contributed by atoms with Gasteiger partial charge in [0.1, 0.15) is 11.4 Å². The number of allylic oxidation sites excluding steroid dienone is 1. The molecule has 32 heavy (non-hydrogen) atoms. The zero-order chi connectivity index (χ0) is 22.9. The number of nitrogens with zero attached hydrogens (tertiary/aromatic N) is 1. The number of methoxy groups -OCH3 is 1. The van der Waals surface area contributed by atoms with Gasteiger partial charge in [-0.15, -0.1) is 0 Å². The minimum Gasteiger partial charge on any atom is -0.496 e. The summed E-state index contributed by atoms with van der Waals surface area (Å²) in [6.07, 6.45) is 6.22. The quantitative estimate of drug-likeness (QED) is 0.547. The van der Waals surface area contributed by atoms with Crippen molar-refractivity contribution >= 4 is 17.7 Å². The van der Waals surface area contributed by atoms with Crippen molar-refractivity contribution in [1.82, 2.24) is 4.90 Å². The maximum atomic E-state index is 12.3. The van der Waals surface area contributed by atoms with Crippen LogP contribution in [0.15, 0.2) is 36.4 Å². The van der Waals surface area contributed by atoms with Gasteiger partial charge < -0.3 is 14.4 Å². The lowest BCUT2D eigenvalue weighted by Gasteiger charge is -2.33. The Bertz CT molecular complexity index is 1020. The van der Waals surface area contributed by atoms with Gasteiger partial charge in [0.2, 0.25) is 0 Å². The third-order valence-electron chi connectivity index (χ3n) is 6.56. The summed E-state index contributed by atoms with van der Waals surface area (Å²) in [6, 6.07) is 13.2. The Kier molecular flexibility index (Phi) is 6.32. The maximum absolute atomic E-state index is 12.3. The smallest absolute Gasteiger partial charge is 0.410 e. The molecule has 0 atom stereocenters. The lowest BCUT2D eigenvalue weighted by atomic mass is 9.87. The number of piperidine rings is 1. The van der Waals surface area contributed by atoms with Gasteiger partial charge in [0.15, 0.2) is 0 Å². The Morgan fingerprint density at radius 1 is 1.09 bits per heavy atom. The average Bonchev–Trinajstić information content (AvgIpc) is 3.17. The van der Waals surface area contributed by atoms with Crippen molar-refractivity contribution in [3.8, 4) is 5.75 Å². The minimum atomic E-state index is -0.445. The molecule has 1 heterocycles. The highest BCUT2D eigenvalue weighted by atomic mass is 16.6. The first-order valence-corrected chi connectivity index (χ1v) is 11.7. The molecule has 4 rings (SSSR count). The van der Waals surface area contributed by atoms with Crippen molar-refractivity contribution in [3.05, 3.63) is 64.2 Å². The Labute approximate surface area is 192 Å². The molecule has 0 bridgehead atoms. The Morgan fingerprint density at radius 2 is 1.84 bits per heavy atom. The molecule has 2 aliphatic rings. The van der Waals surface area contributed by atoms with E-state index in [0.717, 1.165) is 44.5 Å². The summed E-state index contributed by atoms with van der Waals surface area (Å²) < 4.78 is 11.2. The summed E-state index contributed by atoms with van der Waals surface area (Å²) in [6.45, 7) is 9.44. The van der Waals surface area contributed by atoms with E-state index >= 15 is 0 Å². The second-order valence-corrected chi connectivity index (χ2v) is 10.0. The van der Waals surface area contributed by atoms with E-state index in [1.165, 1.54) is 33.4 Å². The molecule has 170 valence electrons. The summed E-state index contributed by atoms with van der Waals surface area (Å²) in [5.74, 6) is 1.46. The lowest BCUT2D eigenvalue weighted by Crippen LogP contribution is -2.41. The molecule has 1 aliphatic carbocycles. The molecule has 0 aromatic heterocycles. The number of benzene rings is 2. The van der Waals surface area contributed by atoms with E-state index in [0.29, 0.717) is 5.92 Å². The van der Waals surface area contributed by atoms with E-state index in [9.17, 15) is 4.79 Å². The van der Waals surface area contributed by atoms with Crippen molar-refractivity contribution in [2.24, 2.45) is 0 Å². The molecule has 4 heteroatoms. The molecule has 1 fully saturated rings. The molecule has 0 radical (unpaired) electrons. The molecule has 4 nitrogen and oxygen atoms in total. The standard InChI is InChI=1S/C28H35NO3/c1-19-17-23(20-13-15-29(16-14-20)27(30)32-28(2,3)4)11-10-22(19)18-24-12-9-21-7-6-8-25(31-5)26(21)24/h6-8,10-11,17-18,20H,9,12-16H2,1-5H3. The molecule has 2 aromatic carbocycles. The first-order valence-electron chi connectivity index (χ1n) is 11.7. The average molecular weight is 434 g/mol. The third-order valence-corrected chi connectivity index (χ3v) is 6.56. The molecule has 1 aliphatic heterocycles. The van der Waals surface area contributed by atoms with E-state index in [1.807, 2.05) is 25.7 Å². The second kappa shape index (κ2) is 9.01. The van der Waals surface area contributed by atoms with Crippen LogP contribution in [0.4, 0.5) is 4.79 Å². The van der Waals surface area contributed by atoms with Crippen LogP contribution in [0.25, 0.3) is 11.6 Å². The third kappa shape index (κ3) is 4.85. The fourth-order valence-electron chi connectivity index (χ4n) is 4.88. The van der Waals surface area contributed by atoms with Gasteiger partial charge in [-0.1, -0.05) is 36.4 Å². The predicted molar refractivity (Wildman–Crippen MR) is 130 cm³/mol. The van der Waals surface area contributed by atoms with Crippen LogP contribution in [0.2, 0.25) is 0 Å². The molecule has 1 saturated heterocycles. The molecular weight excluding hydrogens is 398 g/mol. The van der Waals surface area contributed by atoms with Gasteiger partial charge in [-0.05, 0) is 93.2 Å². The van der Waals surface area contributed by atoms with Gasteiger partial charge in [0.05, 0.1) is 7.11 Å². The SMILES string of the molecule is COc1cccc2c1C(=Cc1ccc(C3CCN(C(=O)OC(C)(C)C)CC3)cc1C)CC2. The van der Waals surface area contributed by atoms with Crippen molar-refractivity contribution < 1.29 is 14.3 Å². The van der Waals surface area contributed by atoms with Crippen LogP contribution >= 0.6 is 0 Å². The topological polar surface area (TPSA) is 38.8 Å². The number of hydrogen-bond acceptors (Lipinski definition) is 3. The van der Waals surface area contributed by atoms with Crippen LogP contribution in [0.3, 0.4) is 0 Å². The summed E-state index contributed by atoms with van der Waals surface area (Å²) >= 11 is 0. The van der Waals surface area contributed by atoms with Gasteiger partial charge in [-0.3, -0.25) is 0 Å². The number of rotatable bonds is 3. The van der Waals surface area contributed by atoms with E-state index in [1.54, 1.807) is 7.11 Å². The molecular formula is C28H35NO3. The first-order chi connectivity index (χ1) is 15.2. The van der Waals surface area contributed by atoms with Crippen molar-refractivity contribution in [2.45, 2.75) is 64.9 Å². The van der Waals surface area contributed by atoms with Gasteiger partial charge in [0, 0.05) is 18.7 Å². The monoisotopic (exact) mass is 433 g/mol. The van der Waals surface area contributed by atoms with Gasteiger partial charge in [0.25, 0.3) is 0 Å². The van der Waals surface area contributed by atoms with E-state index < -0.39 is 5.60 Å². The Hall–Kier alpha value is -2.75. The second-order valence-electron chi connectivity index (χ2n) is 10.0. The number of likely N-dealkylation sites (tertiary alicyclic amines) is 1. The van der Waals surface area contributed by atoms with Crippen molar-refractivity contribution in [2.75, 3.05) is 20.2 Å². The van der Waals surface area contributed by atoms with E-state index in [2.05, 4.69) is 49.4 Å².